The highest BCUT2D eigenvalue weighted by molar-refractivity contribution is 5.55. The van der Waals surface area contributed by atoms with Crippen molar-refractivity contribution in [1.29, 1.82) is 0 Å². The van der Waals surface area contributed by atoms with Gasteiger partial charge in [-0.05, 0) is 41.8 Å². The third-order valence-corrected chi connectivity index (χ3v) is 4.87. The molecular weight excluding hydrogens is 352 g/mol. The molecule has 4 heteroatoms. The molecule has 0 fully saturated rings. The van der Waals surface area contributed by atoms with E-state index in [4.69, 9.17) is 14.2 Å². The van der Waals surface area contributed by atoms with E-state index in [1.54, 1.807) is 14.2 Å². The minimum absolute atomic E-state index is 0.417. The van der Waals surface area contributed by atoms with Crippen molar-refractivity contribution < 1.29 is 19.3 Å². The molecule has 0 aliphatic rings. The Morgan fingerprint density at radius 3 is 2.07 bits per heavy atom. The van der Waals surface area contributed by atoms with Gasteiger partial charge in [0, 0.05) is 12.2 Å². The second kappa shape index (κ2) is 8.91. The molecule has 0 spiro atoms. The Kier molecular flexibility index (Phi) is 6.34. The number of para-hydroxylation sites is 1. The van der Waals surface area contributed by atoms with Crippen molar-refractivity contribution >= 4 is 0 Å². The van der Waals surface area contributed by atoms with Crippen molar-refractivity contribution in [3.05, 3.63) is 95.1 Å². The molecule has 146 valence electrons. The fraction of sp³-hybridized carbons (Fsp3) is 0.250. The highest BCUT2D eigenvalue weighted by Crippen LogP contribution is 2.42. The predicted molar refractivity (Wildman–Crippen MR) is 110 cm³/mol. The van der Waals surface area contributed by atoms with E-state index in [9.17, 15) is 5.11 Å². The number of hydrogen-bond donors (Lipinski definition) is 1. The second-order valence-corrected chi connectivity index (χ2v) is 6.43. The highest BCUT2D eigenvalue weighted by Gasteiger charge is 2.38. The Balaban J connectivity index is 2.26. The molecule has 4 nitrogen and oxygen atoms in total. The lowest BCUT2D eigenvalue weighted by Crippen LogP contribution is -2.31. The van der Waals surface area contributed by atoms with E-state index in [1.165, 1.54) is 0 Å². The summed E-state index contributed by atoms with van der Waals surface area (Å²) in [5.74, 6) is 1.35. The molecule has 0 aromatic heterocycles. The molecule has 3 aromatic rings. The van der Waals surface area contributed by atoms with Crippen molar-refractivity contribution in [3.63, 3.8) is 0 Å². The number of benzene rings is 3. The van der Waals surface area contributed by atoms with E-state index in [-0.39, 0.29) is 0 Å². The maximum Gasteiger partial charge on any atom is 0.144 e. The average molecular weight is 378 g/mol. The van der Waals surface area contributed by atoms with Gasteiger partial charge in [0.25, 0.3) is 0 Å². The largest absolute Gasteiger partial charge is 0.497 e. The van der Waals surface area contributed by atoms with Crippen LogP contribution in [-0.2, 0) is 16.9 Å². The van der Waals surface area contributed by atoms with Crippen LogP contribution in [0.1, 0.15) is 29.2 Å². The third-order valence-electron chi connectivity index (χ3n) is 4.87. The maximum absolute atomic E-state index is 12.2. The zero-order chi connectivity index (χ0) is 20.0. The lowest BCUT2D eigenvalue weighted by Gasteiger charge is -2.33. The van der Waals surface area contributed by atoms with Crippen LogP contribution in [0.25, 0.3) is 0 Å². The molecule has 1 atom stereocenters. The van der Waals surface area contributed by atoms with Gasteiger partial charge in [0.05, 0.1) is 20.8 Å². The fourth-order valence-corrected chi connectivity index (χ4v) is 3.44. The topological polar surface area (TPSA) is 47.9 Å². The van der Waals surface area contributed by atoms with E-state index < -0.39 is 5.60 Å². The molecule has 0 amide bonds. The summed E-state index contributed by atoms with van der Waals surface area (Å²) in [6.45, 7) is 2.97. The van der Waals surface area contributed by atoms with E-state index in [0.29, 0.717) is 24.5 Å². The van der Waals surface area contributed by atoms with Crippen molar-refractivity contribution in [2.24, 2.45) is 0 Å². The zero-order valence-electron chi connectivity index (χ0n) is 16.5. The summed E-state index contributed by atoms with van der Waals surface area (Å²) >= 11 is 0. The summed E-state index contributed by atoms with van der Waals surface area (Å²) < 4.78 is 16.5. The molecule has 0 saturated heterocycles. The molecule has 0 saturated carbocycles. The molecule has 1 N–H and O–H groups in total. The molecule has 0 bridgehead atoms. The summed E-state index contributed by atoms with van der Waals surface area (Å²) in [6, 6.07) is 22.8. The Morgan fingerprint density at radius 1 is 0.786 bits per heavy atom. The van der Waals surface area contributed by atoms with Crippen LogP contribution in [0.3, 0.4) is 0 Å². The van der Waals surface area contributed by atoms with E-state index in [2.05, 4.69) is 0 Å². The van der Waals surface area contributed by atoms with Crippen LogP contribution in [0.5, 0.6) is 11.5 Å². The molecule has 28 heavy (non-hydrogen) atoms. The first-order chi connectivity index (χ1) is 13.6. The van der Waals surface area contributed by atoms with Gasteiger partial charge >= 0.3 is 0 Å². The molecule has 0 unspecified atom stereocenters. The summed E-state index contributed by atoms with van der Waals surface area (Å²) in [4.78, 5) is 0. The van der Waals surface area contributed by atoms with Crippen LogP contribution >= 0.6 is 0 Å². The molecular formula is C24H26O4. The summed E-state index contributed by atoms with van der Waals surface area (Å²) in [7, 11) is 3.23. The minimum Gasteiger partial charge on any atom is -0.497 e. The number of methoxy groups -OCH3 is 2. The summed E-state index contributed by atoms with van der Waals surface area (Å²) in [6.07, 6.45) is 0. The van der Waals surface area contributed by atoms with Gasteiger partial charge in [-0.3, -0.25) is 0 Å². The van der Waals surface area contributed by atoms with Crippen LogP contribution in [-0.4, -0.2) is 25.9 Å². The lowest BCUT2D eigenvalue weighted by atomic mass is 9.78. The molecule has 0 aliphatic heterocycles. The molecule has 0 heterocycles. The normalized spacial score (nSPS) is 13.0. The number of ether oxygens (including phenoxy) is 3. The van der Waals surface area contributed by atoms with Crippen LogP contribution in [0.15, 0.2) is 72.8 Å². The van der Waals surface area contributed by atoms with Crippen LogP contribution in [0.2, 0.25) is 0 Å². The summed E-state index contributed by atoms with van der Waals surface area (Å²) in [5, 5.41) is 12.2. The Morgan fingerprint density at radius 2 is 1.43 bits per heavy atom. The van der Waals surface area contributed by atoms with Gasteiger partial charge in [-0.15, -0.1) is 0 Å². The maximum atomic E-state index is 12.2. The van der Waals surface area contributed by atoms with Crippen LogP contribution < -0.4 is 9.47 Å². The number of aliphatic hydroxyl groups is 1. The highest BCUT2D eigenvalue weighted by atomic mass is 16.5. The van der Waals surface area contributed by atoms with Gasteiger partial charge < -0.3 is 19.3 Å². The molecule has 0 radical (unpaired) electrons. The second-order valence-electron chi connectivity index (χ2n) is 6.43. The minimum atomic E-state index is -1.41. The lowest BCUT2D eigenvalue weighted by molar-refractivity contribution is 0.108. The molecule has 0 aliphatic carbocycles. The van der Waals surface area contributed by atoms with Crippen molar-refractivity contribution in [2.75, 3.05) is 20.8 Å². The third kappa shape index (κ3) is 3.75. The van der Waals surface area contributed by atoms with E-state index in [0.717, 1.165) is 22.4 Å². The van der Waals surface area contributed by atoms with Gasteiger partial charge in [-0.2, -0.15) is 0 Å². The van der Waals surface area contributed by atoms with Gasteiger partial charge in [0.1, 0.15) is 17.1 Å². The Bertz CT molecular complexity index is 904. The number of hydrogen-bond acceptors (Lipinski definition) is 4. The SMILES string of the molecule is CCOCc1ccccc1[C@@](O)(c1ccc(OC)cc1)c1ccccc1OC. The van der Waals surface area contributed by atoms with Crippen LogP contribution in [0.4, 0.5) is 0 Å². The van der Waals surface area contributed by atoms with E-state index in [1.807, 2.05) is 79.7 Å². The van der Waals surface area contributed by atoms with Gasteiger partial charge in [-0.25, -0.2) is 0 Å². The van der Waals surface area contributed by atoms with Crippen LogP contribution in [0, 0.1) is 0 Å². The molecule has 3 rings (SSSR count). The quantitative estimate of drug-likeness (QED) is 0.585. The number of rotatable bonds is 8. The standard InChI is InChI=1S/C24H26O4/c1-4-28-17-18-9-5-6-10-21(18)24(25,19-13-15-20(26-2)16-14-19)22-11-7-8-12-23(22)27-3/h5-16,25H,4,17H2,1-3H3/t24-/m0/s1. The Labute approximate surface area is 166 Å². The Hall–Kier alpha value is -2.82. The van der Waals surface area contributed by atoms with Crippen molar-refractivity contribution in [1.82, 2.24) is 0 Å². The monoisotopic (exact) mass is 378 g/mol. The fourth-order valence-electron chi connectivity index (χ4n) is 3.44. The van der Waals surface area contributed by atoms with E-state index >= 15 is 0 Å². The van der Waals surface area contributed by atoms with Gasteiger partial charge in [-0.1, -0.05) is 54.6 Å². The predicted octanol–water partition coefficient (Wildman–Crippen LogP) is 4.52. The molecule has 3 aromatic carbocycles. The van der Waals surface area contributed by atoms with Crippen molar-refractivity contribution in [3.8, 4) is 11.5 Å². The van der Waals surface area contributed by atoms with Crippen molar-refractivity contribution in [2.45, 2.75) is 19.1 Å². The zero-order valence-corrected chi connectivity index (χ0v) is 16.5. The van der Waals surface area contributed by atoms with Gasteiger partial charge in [0.2, 0.25) is 0 Å². The van der Waals surface area contributed by atoms with Gasteiger partial charge in [0.15, 0.2) is 0 Å². The first-order valence-electron chi connectivity index (χ1n) is 9.31. The first kappa shape index (κ1) is 19.9. The average Bonchev–Trinajstić information content (AvgIpc) is 2.77. The summed E-state index contributed by atoms with van der Waals surface area (Å²) in [5.41, 5.74) is 1.67. The smallest absolute Gasteiger partial charge is 0.144 e. The first-order valence-corrected chi connectivity index (χ1v) is 9.31.